The van der Waals surface area contributed by atoms with Gasteiger partial charge in [0.05, 0.1) is 6.42 Å². The number of halogens is 3. The number of para-hydroxylation sites is 1. The summed E-state index contributed by atoms with van der Waals surface area (Å²) in [6, 6.07) is 5.75. The molecule has 1 amide bonds. The molecule has 1 aliphatic carbocycles. The second-order valence-electron chi connectivity index (χ2n) is 5.44. The number of carbonyl (C=O) groups excluding carboxylic acids is 1. The number of ether oxygens (including phenoxy) is 1. The zero-order valence-electron chi connectivity index (χ0n) is 12.3. The summed E-state index contributed by atoms with van der Waals surface area (Å²) in [7, 11) is 1.48. The summed E-state index contributed by atoms with van der Waals surface area (Å²) in [5, 5.41) is 8.61. The fourth-order valence-electron chi connectivity index (χ4n) is 2.47. The van der Waals surface area contributed by atoms with Gasteiger partial charge in [0.15, 0.2) is 0 Å². The van der Waals surface area contributed by atoms with Crippen LogP contribution in [0.5, 0.6) is 5.75 Å². The number of rotatable bonds is 6. The Labute approximate surface area is 130 Å². The van der Waals surface area contributed by atoms with E-state index in [-0.39, 0.29) is 30.5 Å². The van der Waals surface area contributed by atoms with Gasteiger partial charge in [-0.15, -0.1) is 13.2 Å². The lowest BCUT2D eigenvalue weighted by Gasteiger charge is -2.17. The standard InChI is InChI=1S/C15H16F3NO4/c1-19(7-6-13(20)21)14(22)11-8-10(11)9-4-2-3-5-12(9)23-15(16,17)18/h2-5,10-11H,6-8H2,1H3,(H,20,21)/t10-,11-/m0/s1. The molecule has 23 heavy (non-hydrogen) atoms. The highest BCUT2D eigenvalue weighted by Crippen LogP contribution is 2.51. The molecule has 1 aliphatic rings. The minimum atomic E-state index is -4.79. The van der Waals surface area contributed by atoms with Crippen molar-refractivity contribution in [2.24, 2.45) is 5.92 Å². The van der Waals surface area contributed by atoms with Gasteiger partial charge in [0.1, 0.15) is 5.75 Å². The Morgan fingerprint density at radius 2 is 2.00 bits per heavy atom. The summed E-state index contributed by atoms with van der Waals surface area (Å²) < 4.78 is 41.2. The molecule has 0 heterocycles. The van der Waals surface area contributed by atoms with E-state index in [2.05, 4.69) is 4.74 Å². The lowest BCUT2D eigenvalue weighted by atomic mass is 10.1. The summed E-state index contributed by atoms with van der Waals surface area (Å²) in [6.45, 7) is 0.0675. The van der Waals surface area contributed by atoms with Crippen molar-refractivity contribution in [2.45, 2.75) is 25.1 Å². The predicted molar refractivity (Wildman–Crippen MR) is 73.9 cm³/mol. The third-order valence-corrected chi connectivity index (χ3v) is 3.69. The summed E-state index contributed by atoms with van der Waals surface area (Å²) in [5.41, 5.74) is 0.342. The number of nitrogens with zero attached hydrogens (tertiary/aromatic N) is 1. The fraction of sp³-hybridized carbons (Fsp3) is 0.467. The topological polar surface area (TPSA) is 66.8 Å². The number of hydrogen-bond acceptors (Lipinski definition) is 3. The van der Waals surface area contributed by atoms with Gasteiger partial charge >= 0.3 is 12.3 Å². The minimum absolute atomic E-state index is 0.0675. The molecule has 0 aliphatic heterocycles. The van der Waals surface area contributed by atoms with Gasteiger partial charge in [0.25, 0.3) is 0 Å². The first kappa shape index (κ1) is 17.1. The molecule has 2 rings (SSSR count). The maximum Gasteiger partial charge on any atom is 0.573 e. The van der Waals surface area contributed by atoms with Gasteiger partial charge in [0, 0.05) is 19.5 Å². The number of aliphatic carboxylic acids is 1. The van der Waals surface area contributed by atoms with Crippen molar-refractivity contribution >= 4 is 11.9 Å². The SMILES string of the molecule is CN(CCC(=O)O)C(=O)[C@H]1C[C@H]1c1ccccc1OC(F)(F)F. The molecule has 0 unspecified atom stereocenters. The molecule has 5 nitrogen and oxygen atoms in total. The number of carboxylic acids is 1. The van der Waals surface area contributed by atoms with Gasteiger partial charge in [0.2, 0.25) is 5.91 Å². The van der Waals surface area contributed by atoms with Crippen molar-refractivity contribution in [2.75, 3.05) is 13.6 Å². The van der Waals surface area contributed by atoms with E-state index in [1.807, 2.05) is 0 Å². The van der Waals surface area contributed by atoms with Crippen molar-refractivity contribution in [3.05, 3.63) is 29.8 Å². The molecule has 0 aromatic heterocycles. The maximum atomic E-state index is 12.4. The van der Waals surface area contributed by atoms with Crippen LogP contribution in [0.15, 0.2) is 24.3 Å². The van der Waals surface area contributed by atoms with E-state index in [0.717, 1.165) is 0 Å². The maximum absolute atomic E-state index is 12.4. The van der Waals surface area contributed by atoms with Crippen molar-refractivity contribution in [1.82, 2.24) is 4.90 Å². The largest absolute Gasteiger partial charge is 0.573 e. The smallest absolute Gasteiger partial charge is 0.481 e. The second-order valence-corrected chi connectivity index (χ2v) is 5.44. The molecule has 126 valence electrons. The molecule has 0 saturated heterocycles. The van der Waals surface area contributed by atoms with E-state index < -0.39 is 18.2 Å². The molecule has 0 radical (unpaired) electrons. The highest BCUT2D eigenvalue weighted by atomic mass is 19.4. The Bertz CT molecular complexity index is 603. The molecule has 1 fully saturated rings. The van der Waals surface area contributed by atoms with Gasteiger partial charge in [-0.3, -0.25) is 9.59 Å². The third kappa shape index (κ3) is 4.61. The molecule has 1 aromatic carbocycles. The molecule has 2 atom stereocenters. The van der Waals surface area contributed by atoms with Crippen LogP contribution in [0, 0.1) is 5.92 Å². The molecule has 0 spiro atoms. The van der Waals surface area contributed by atoms with Crippen LogP contribution in [-0.4, -0.2) is 41.8 Å². The molecule has 1 aromatic rings. The predicted octanol–water partition coefficient (Wildman–Crippen LogP) is 2.62. The highest BCUT2D eigenvalue weighted by Gasteiger charge is 2.47. The van der Waals surface area contributed by atoms with E-state index in [1.54, 1.807) is 6.07 Å². The van der Waals surface area contributed by atoms with Crippen LogP contribution in [0.2, 0.25) is 0 Å². The molecular weight excluding hydrogens is 315 g/mol. The van der Waals surface area contributed by atoms with Crippen LogP contribution in [-0.2, 0) is 9.59 Å². The van der Waals surface area contributed by atoms with E-state index in [1.165, 1.54) is 30.1 Å². The van der Waals surface area contributed by atoms with Crippen LogP contribution in [0.1, 0.15) is 24.3 Å². The molecule has 8 heteroatoms. The summed E-state index contributed by atoms with van der Waals surface area (Å²) in [5.74, 6) is -2.35. The molecule has 1 saturated carbocycles. The number of hydrogen-bond donors (Lipinski definition) is 1. The monoisotopic (exact) mass is 331 g/mol. The number of benzene rings is 1. The van der Waals surface area contributed by atoms with Crippen LogP contribution in [0.3, 0.4) is 0 Å². The number of amides is 1. The third-order valence-electron chi connectivity index (χ3n) is 3.69. The summed E-state index contributed by atoms with van der Waals surface area (Å²) >= 11 is 0. The van der Waals surface area contributed by atoms with Crippen LogP contribution in [0.4, 0.5) is 13.2 Å². The summed E-state index contributed by atoms with van der Waals surface area (Å²) in [4.78, 5) is 24.0. The molecule has 1 N–H and O–H groups in total. The van der Waals surface area contributed by atoms with Gasteiger partial charge in [-0.05, 0) is 24.0 Å². The fourth-order valence-corrected chi connectivity index (χ4v) is 2.47. The lowest BCUT2D eigenvalue weighted by Crippen LogP contribution is -2.30. The quantitative estimate of drug-likeness (QED) is 0.870. The van der Waals surface area contributed by atoms with Gasteiger partial charge < -0.3 is 14.7 Å². The molecule has 0 bridgehead atoms. The highest BCUT2D eigenvalue weighted by molar-refractivity contribution is 5.83. The Morgan fingerprint density at radius 3 is 2.61 bits per heavy atom. The Balaban J connectivity index is 2.03. The van der Waals surface area contributed by atoms with Gasteiger partial charge in [-0.25, -0.2) is 0 Å². The lowest BCUT2D eigenvalue weighted by molar-refractivity contribution is -0.274. The Kier molecular flexibility index (Phi) is 4.82. The normalized spacial score (nSPS) is 20.0. The van der Waals surface area contributed by atoms with E-state index in [9.17, 15) is 22.8 Å². The number of carbonyl (C=O) groups is 2. The second kappa shape index (κ2) is 6.47. The average molecular weight is 331 g/mol. The number of carboxylic acid groups (broad SMARTS) is 1. The zero-order chi connectivity index (χ0) is 17.2. The van der Waals surface area contributed by atoms with Crippen molar-refractivity contribution < 1.29 is 32.6 Å². The van der Waals surface area contributed by atoms with Crippen molar-refractivity contribution in [1.29, 1.82) is 0 Å². The van der Waals surface area contributed by atoms with E-state index >= 15 is 0 Å². The summed E-state index contributed by atoms with van der Waals surface area (Å²) in [6.07, 6.45) is -4.54. The number of alkyl halides is 3. The van der Waals surface area contributed by atoms with Crippen LogP contribution < -0.4 is 4.74 Å². The first-order valence-corrected chi connectivity index (χ1v) is 7.00. The van der Waals surface area contributed by atoms with Crippen LogP contribution >= 0.6 is 0 Å². The molecular formula is C15H16F3NO4. The van der Waals surface area contributed by atoms with E-state index in [4.69, 9.17) is 5.11 Å². The van der Waals surface area contributed by atoms with Gasteiger partial charge in [-0.2, -0.15) is 0 Å². The Morgan fingerprint density at radius 1 is 1.35 bits per heavy atom. The Hall–Kier alpha value is -2.25. The van der Waals surface area contributed by atoms with Gasteiger partial charge in [-0.1, -0.05) is 18.2 Å². The minimum Gasteiger partial charge on any atom is -0.481 e. The van der Waals surface area contributed by atoms with Crippen molar-refractivity contribution in [3.63, 3.8) is 0 Å². The average Bonchev–Trinajstić information content (AvgIpc) is 3.23. The van der Waals surface area contributed by atoms with Crippen molar-refractivity contribution in [3.8, 4) is 5.75 Å². The van der Waals surface area contributed by atoms with Crippen LogP contribution in [0.25, 0.3) is 0 Å². The van der Waals surface area contributed by atoms with E-state index in [0.29, 0.717) is 12.0 Å². The first-order chi connectivity index (χ1) is 10.7. The zero-order valence-corrected chi connectivity index (χ0v) is 12.3. The first-order valence-electron chi connectivity index (χ1n) is 7.00.